The van der Waals surface area contributed by atoms with Gasteiger partial charge in [-0.1, -0.05) is 48.5 Å². The van der Waals surface area contributed by atoms with Gasteiger partial charge in [-0.15, -0.1) is 11.3 Å². The molecule has 2 aromatic carbocycles. The van der Waals surface area contributed by atoms with Crippen LogP contribution in [0.3, 0.4) is 0 Å². The number of nitrogens with one attached hydrogen (secondary N) is 1. The van der Waals surface area contributed by atoms with E-state index in [9.17, 15) is 13.2 Å². The maximum absolute atomic E-state index is 12.9. The van der Waals surface area contributed by atoms with Crippen molar-refractivity contribution in [3.63, 3.8) is 0 Å². The van der Waals surface area contributed by atoms with Crippen molar-refractivity contribution < 1.29 is 13.2 Å². The van der Waals surface area contributed by atoms with Crippen LogP contribution in [0.1, 0.15) is 33.8 Å². The van der Waals surface area contributed by atoms with Crippen molar-refractivity contribution in [1.82, 2.24) is 4.72 Å². The van der Waals surface area contributed by atoms with Gasteiger partial charge < -0.3 is 0 Å². The van der Waals surface area contributed by atoms with Crippen molar-refractivity contribution in [2.75, 3.05) is 0 Å². The molecule has 0 radical (unpaired) electrons. The molecule has 0 aliphatic carbocycles. The average Bonchev–Trinajstić information content (AvgIpc) is 3.15. The lowest BCUT2D eigenvalue weighted by Crippen LogP contribution is -2.29. The van der Waals surface area contributed by atoms with E-state index in [1.807, 2.05) is 47.8 Å². The van der Waals surface area contributed by atoms with E-state index >= 15 is 0 Å². The number of thiophene rings is 1. The normalized spacial score (nSPS) is 12.7. The number of hydrogen-bond acceptors (Lipinski definition) is 4. The summed E-state index contributed by atoms with van der Waals surface area (Å²) in [6.07, 6.45) is 0. The first-order valence-electron chi connectivity index (χ1n) is 7.69. The lowest BCUT2D eigenvalue weighted by Gasteiger charge is -2.18. The molecule has 0 saturated carbocycles. The van der Waals surface area contributed by atoms with E-state index in [-0.39, 0.29) is 10.7 Å². The first-order chi connectivity index (χ1) is 12.0. The standard InChI is InChI=1S/C19H17NO3S2/c1-14(21)16-9-5-10-17(13-16)25(22,23)20-19(18-11-6-12-24-18)15-7-3-2-4-8-15/h2-13,19-20H,1H3/t19-/m1/s1. The molecule has 0 fully saturated rings. The second-order valence-electron chi connectivity index (χ2n) is 5.56. The smallest absolute Gasteiger partial charge is 0.241 e. The molecule has 4 nitrogen and oxygen atoms in total. The highest BCUT2D eigenvalue weighted by Gasteiger charge is 2.24. The number of ketones is 1. The van der Waals surface area contributed by atoms with Crippen LogP contribution in [-0.2, 0) is 10.0 Å². The minimum absolute atomic E-state index is 0.0812. The van der Waals surface area contributed by atoms with Crippen molar-refractivity contribution in [3.8, 4) is 0 Å². The van der Waals surface area contributed by atoms with Crippen LogP contribution in [0.25, 0.3) is 0 Å². The molecule has 0 spiro atoms. The van der Waals surface area contributed by atoms with Crippen LogP contribution in [0.15, 0.2) is 77.0 Å². The van der Waals surface area contributed by atoms with Crippen molar-refractivity contribution in [2.24, 2.45) is 0 Å². The summed E-state index contributed by atoms with van der Waals surface area (Å²) in [7, 11) is -3.79. The SMILES string of the molecule is CC(=O)c1cccc(S(=O)(=O)N[C@H](c2ccccc2)c2cccs2)c1. The Morgan fingerprint density at radius 1 is 1.00 bits per heavy atom. The van der Waals surface area contributed by atoms with Crippen LogP contribution < -0.4 is 4.72 Å². The number of sulfonamides is 1. The molecule has 1 aromatic heterocycles. The van der Waals surface area contributed by atoms with Gasteiger partial charge in [0, 0.05) is 10.4 Å². The van der Waals surface area contributed by atoms with Gasteiger partial charge in [0.05, 0.1) is 10.9 Å². The van der Waals surface area contributed by atoms with Crippen LogP contribution in [0, 0.1) is 0 Å². The summed E-state index contributed by atoms with van der Waals surface area (Å²) in [5, 5.41) is 1.91. The number of carbonyl (C=O) groups excluding carboxylic acids is 1. The maximum atomic E-state index is 12.9. The molecule has 3 rings (SSSR count). The van der Waals surface area contributed by atoms with E-state index in [0.29, 0.717) is 5.56 Å². The topological polar surface area (TPSA) is 63.2 Å². The molecule has 128 valence electrons. The zero-order valence-electron chi connectivity index (χ0n) is 13.5. The third kappa shape index (κ3) is 4.04. The van der Waals surface area contributed by atoms with Crippen LogP contribution in [0.5, 0.6) is 0 Å². The van der Waals surface area contributed by atoms with Crippen molar-refractivity contribution in [3.05, 3.63) is 88.1 Å². The van der Waals surface area contributed by atoms with E-state index in [4.69, 9.17) is 0 Å². The molecular formula is C19H17NO3S2. The average molecular weight is 371 g/mol. The van der Waals surface area contributed by atoms with E-state index in [1.165, 1.54) is 30.4 Å². The zero-order chi connectivity index (χ0) is 17.9. The predicted molar refractivity (Wildman–Crippen MR) is 99.4 cm³/mol. The molecule has 1 N–H and O–H groups in total. The van der Waals surface area contributed by atoms with Gasteiger partial charge in [0.15, 0.2) is 5.78 Å². The Bertz CT molecular complexity index is 965. The molecule has 0 saturated heterocycles. The number of hydrogen-bond donors (Lipinski definition) is 1. The number of benzene rings is 2. The van der Waals surface area contributed by atoms with E-state index in [2.05, 4.69) is 4.72 Å². The minimum atomic E-state index is -3.79. The predicted octanol–water partition coefficient (Wildman–Crippen LogP) is 4.02. The fourth-order valence-electron chi connectivity index (χ4n) is 2.50. The maximum Gasteiger partial charge on any atom is 0.241 e. The summed E-state index contributed by atoms with van der Waals surface area (Å²) in [5.41, 5.74) is 1.23. The molecule has 25 heavy (non-hydrogen) atoms. The highest BCUT2D eigenvalue weighted by atomic mass is 32.2. The quantitative estimate of drug-likeness (QED) is 0.666. The Morgan fingerprint density at radius 3 is 2.40 bits per heavy atom. The Labute approximate surface area is 151 Å². The molecule has 0 unspecified atom stereocenters. The molecule has 0 aliphatic heterocycles. The zero-order valence-corrected chi connectivity index (χ0v) is 15.2. The third-order valence-corrected chi connectivity index (χ3v) is 6.14. The second-order valence-corrected chi connectivity index (χ2v) is 8.26. The van der Waals surface area contributed by atoms with Gasteiger partial charge in [0.2, 0.25) is 10.0 Å². The first kappa shape index (κ1) is 17.5. The third-order valence-electron chi connectivity index (χ3n) is 3.78. The highest BCUT2D eigenvalue weighted by molar-refractivity contribution is 7.89. The van der Waals surface area contributed by atoms with Gasteiger partial charge in [-0.25, -0.2) is 8.42 Å². The van der Waals surface area contributed by atoms with Crippen molar-refractivity contribution in [1.29, 1.82) is 0 Å². The summed E-state index contributed by atoms with van der Waals surface area (Å²) in [6.45, 7) is 1.41. The number of carbonyl (C=O) groups is 1. The summed E-state index contributed by atoms with van der Waals surface area (Å²) in [6, 6.07) is 18.8. The van der Waals surface area contributed by atoms with E-state index in [1.54, 1.807) is 12.1 Å². The molecule has 1 heterocycles. The Balaban J connectivity index is 1.99. The van der Waals surface area contributed by atoms with Crippen molar-refractivity contribution >= 4 is 27.1 Å². The van der Waals surface area contributed by atoms with Crippen LogP contribution in [0.2, 0.25) is 0 Å². The van der Waals surface area contributed by atoms with E-state index < -0.39 is 16.1 Å². The Kier molecular flexibility index (Phi) is 5.13. The Hall–Kier alpha value is -2.28. The van der Waals surface area contributed by atoms with Gasteiger partial charge in [-0.2, -0.15) is 4.72 Å². The molecular weight excluding hydrogens is 354 g/mol. The minimum Gasteiger partial charge on any atom is -0.295 e. The van der Waals surface area contributed by atoms with Crippen LogP contribution >= 0.6 is 11.3 Å². The largest absolute Gasteiger partial charge is 0.295 e. The first-order valence-corrected chi connectivity index (χ1v) is 10.1. The Morgan fingerprint density at radius 2 is 1.76 bits per heavy atom. The molecule has 6 heteroatoms. The number of Topliss-reactive ketones (excluding diaryl/α,β-unsaturated/α-hetero) is 1. The fourth-order valence-corrected chi connectivity index (χ4v) is 4.62. The monoisotopic (exact) mass is 371 g/mol. The van der Waals surface area contributed by atoms with Gasteiger partial charge in [0.25, 0.3) is 0 Å². The number of rotatable bonds is 6. The molecule has 3 aromatic rings. The van der Waals surface area contributed by atoms with Gasteiger partial charge in [-0.05, 0) is 36.1 Å². The second kappa shape index (κ2) is 7.31. The summed E-state index contributed by atoms with van der Waals surface area (Å²) < 4.78 is 28.5. The summed E-state index contributed by atoms with van der Waals surface area (Å²) in [5.74, 6) is -0.171. The lowest BCUT2D eigenvalue weighted by atomic mass is 10.1. The van der Waals surface area contributed by atoms with Gasteiger partial charge in [-0.3, -0.25) is 4.79 Å². The summed E-state index contributed by atoms with van der Waals surface area (Å²) in [4.78, 5) is 12.5. The molecule has 0 bridgehead atoms. The molecule has 1 atom stereocenters. The van der Waals surface area contributed by atoms with E-state index in [0.717, 1.165) is 10.4 Å². The van der Waals surface area contributed by atoms with Crippen LogP contribution in [-0.4, -0.2) is 14.2 Å². The van der Waals surface area contributed by atoms with Gasteiger partial charge in [0.1, 0.15) is 0 Å². The molecule has 0 aliphatic rings. The highest BCUT2D eigenvalue weighted by Crippen LogP contribution is 2.28. The van der Waals surface area contributed by atoms with Crippen LogP contribution in [0.4, 0.5) is 0 Å². The van der Waals surface area contributed by atoms with Gasteiger partial charge >= 0.3 is 0 Å². The molecule has 0 amide bonds. The fraction of sp³-hybridized carbons (Fsp3) is 0.105. The lowest BCUT2D eigenvalue weighted by molar-refractivity contribution is 0.101. The summed E-state index contributed by atoms with van der Waals surface area (Å²) >= 11 is 1.49. The van der Waals surface area contributed by atoms with Crippen molar-refractivity contribution in [2.45, 2.75) is 17.9 Å².